The highest BCUT2D eigenvalue weighted by Gasteiger charge is 2.46. The second-order valence-corrected chi connectivity index (χ2v) is 5.96. The molecular formula is C16H23N3O3. The van der Waals surface area contributed by atoms with E-state index in [1.165, 1.54) is 0 Å². The first-order valence-corrected chi connectivity index (χ1v) is 7.69. The Bertz CT molecular complexity index is 535. The molecular weight excluding hydrogens is 282 g/mol. The van der Waals surface area contributed by atoms with E-state index in [4.69, 9.17) is 0 Å². The van der Waals surface area contributed by atoms with Gasteiger partial charge >= 0.3 is 6.09 Å². The second kappa shape index (κ2) is 6.77. The number of hydrazine groups is 1. The minimum Gasteiger partial charge on any atom is -0.464 e. The quantitative estimate of drug-likeness (QED) is 0.819. The molecule has 1 heterocycles. The molecule has 0 bridgehead atoms. The summed E-state index contributed by atoms with van der Waals surface area (Å²) in [6.07, 6.45) is 2.14. The van der Waals surface area contributed by atoms with Gasteiger partial charge in [-0.25, -0.2) is 9.80 Å². The molecule has 1 fully saturated rings. The number of carbonyl (C=O) groups excluding carboxylic acids is 1. The van der Waals surface area contributed by atoms with Crippen molar-refractivity contribution in [3.05, 3.63) is 30.1 Å². The Balaban J connectivity index is 1.97. The van der Waals surface area contributed by atoms with Gasteiger partial charge in [0.1, 0.15) is 0 Å². The van der Waals surface area contributed by atoms with E-state index >= 15 is 0 Å². The first-order chi connectivity index (χ1) is 10.5. The molecule has 2 rings (SSSR count). The van der Waals surface area contributed by atoms with Gasteiger partial charge in [-0.15, -0.1) is 0 Å². The predicted octanol–water partition coefficient (Wildman–Crippen LogP) is 2.63. The van der Waals surface area contributed by atoms with Crippen LogP contribution < -0.4 is 5.43 Å². The molecule has 1 aliphatic carbocycles. The fourth-order valence-corrected chi connectivity index (χ4v) is 2.53. The molecule has 0 radical (unpaired) electrons. The SMILES string of the molecule is CCC(C)[C@H](C)N(NC(=O)C1CC1c1ccccn1)C(=O)O. The van der Waals surface area contributed by atoms with Crippen LogP contribution in [0, 0.1) is 11.8 Å². The van der Waals surface area contributed by atoms with Crippen LogP contribution in [0.4, 0.5) is 4.79 Å². The van der Waals surface area contributed by atoms with Crippen molar-refractivity contribution in [2.75, 3.05) is 0 Å². The molecule has 6 nitrogen and oxygen atoms in total. The van der Waals surface area contributed by atoms with Crippen molar-refractivity contribution >= 4 is 12.0 Å². The zero-order valence-corrected chi connectivity index (χ0v) is 13.2. The van der Waals surface area contributed by atoms with Crippen LogP contribution in [0.15, 0.2) is 24.4 Å². The molecule has 3 unspecified atom stereocenters. The van der Waals surface area contributed by atoms with E-state index in [1.807, 2.05) is 39.0 Å². The van der Waals surface area contributed by atoms with E-state index in [2.05, 4.69) is 10.4 Å². The van der Waals surface area contributed by atoms with Crippen LogP contribution >= 0.6 is 0 Å². The Morgan fingerprint density at radius 1 is 1.45 bits per heavy atom. The minimum atomic E-state index is -1.13. The van der Waals surface area contributed by atoms with E-state index in [0.717, 1.165) is 17.1 Å². The molecule has 6 heteroatoms. The third-order valence-corrected chi connectivity index (χ3v) is 4.51. The number of carboxylic acid groups (broad SMARTS) is 1. The lowest BCUT2D eigenvalue weighted by molar-refractivity contribution is -0.127. The maximum atomic E-state index is 12.3. The first-order valence-electron chi connectivity index (χ1n) is 7.69. The smallest absolute Gasteiger partial charge is 0.426 e. The molecule has 1 aromatic heterocycles. The highest BCUT2D eigenvalue weighted by Crippen LogP contribution is 2.46. The maximum absolute atomic E-state index is 12.3. The van der Waals surface area contributed by atoms with Crippen LogP contribution in [0.3, 0.4) is 0 Å². The van der Waals surface area contributed by atoms with Gasteiger partial charge in [0.2, 0.25) is 5.91 Å². The Morgan fingerprint density at radius 2 is 2.18 bits per heavy atom. The number of nitrogens with zero attached hydrogens (tertiary/aromatic N) is 2. The Hall–Kier alpha value is -2.11. The molecule has 22 heavy (non-hydrogen) atoms. The van der Waals surface area contributed by atoms with Crippen molar-refractivity contribution < 1.29 is 14.7 Å². The molecule has 0 aliphatic heterocycles. The second-order valence-electron chi connectivity index (χ2n) is 5.96. The summed E-state index contributed by atoms with van der Waals surface area (Å²) in [6.45, 7) is 5.79. The van der Waals surface area contributed by atoms with E-state index in [-0.39, 0.29) is 29.7 Å². The summed E-state index contributed by atoms with van der Waals surface area (Å²) >= 11 is 0. The van der Waals surface area contributed by atoms with Crippen molar-refractivity contribution in [3.8, 4) is 0 Å². The molecule has 0 aromatic carbocycles. The average molecular weight is 305 g/mol. The summed E-state index contributed by atoms with van der Waals surface area (Å²) in [5, 5.41) is 10.4. The standard InChI is InChI=1S/C16H23N3O3/c1-4-10(2)11(3)19(16(21)22)18-15(20)13-9-12(13)14-7-5-6-8-17-14/h5-8,10-13H,4,9H2,1-3H3,(H,18,20)(H,21,22)/t10?,11-,12?,13?/m0/s1. The molecule has 2 N–H and O–H groups in total. The van der Waals surface area contributed by atoms with Crippen molar-refractivity contribution in [2.24, 2.45) is 11.8 Å². The van der Waals surface area contributed by atoms with Gasteiger partial charge in [0, 0.05) is 23.7 Å². The molecule has 1 aromatic rings. The third kappa shape index (κ3) is 3.55. The normalized spacial score (nSPS) is 22.5. The van der Waals surface area contributed by atoms with Crippen molar-refractivity contribution in [3.63, 3.8) is 0 Å². The Kier molecular flexibility index (Phi) is 5.00. The maximum Gasteiger partial charge on any atom is 0.426 e. The van der Waals surface area contributed by atoms with Gasteiger partial charge in [-0.3, -0.25) is 15.2 Å². The van der Waals surface area contributed by atoms with Gasteiger partial charge in [0.15, 0.2) is 0 Å². The minimum absolute atomic E-state index is 0.0933. The summed E-state index contributed by atoms with van der Waals surface area (Å²) in [4.78, 5) is 27.9. The average Bonchev–Trinajstić information content (AvgIpc) is 3.32. The zero-order valence-electron chi connectivity index (χ0n) is 13.2. The fraction of sp³-hybridized carbons (Fsp3) is 0.562. The van der Waals surface area contributed by atoms with Gasteiger partial charge in [0.05, 0.1) is 6.04 Å². The van der Waals surface area contributed by atoms with E-state index < -0.39 is 6.09 Å². The molecule has 0 spiro atoms. The lowest BCUT2D eigenvalue weighted by atomic mass is 10.0. The number of pyridine rings is 1. The summed E-state index contributed by atoms with van der Waals surface area (Å²) in [6, 6.07) is 5.36. The van der Waals surface area contributed by atoms with Crippen molar-refractivity contribution in [1.29, 1.82) is 0 Å². The van der Waals surface area contributed by atoms with E-state index in [1.54, 1.807) is 6.20 Å². The molecule has 0 saturated heterocycles. The topological polar surface area (TPSA) is 82.5 Å². The van der Waals surface area contributed by atoms with Crippen molar-refractivity contribution in [1.82, 2.24) is 15.4 Å². The first kappa shape index (κ1) is 16.3. The van der Waals surface area contributed by atoms with Gasteiger partial charge in [-0.05, 0) is 31.4 Å². The Morgan fingerprint density at radius 3 is 2.73 bits per heavy atom. The number of amides is 2. The molecule has 1 saturated carbocycles. The van der Waals surface area contributed by atoms with Gasteiger partial charge in [-0.2, -0.15) is 0 Å². The number of carbonyl (C=O) groups is 2. The fourth-order valence-electron chi connectivity index (χ4n) is 2.53. The Labute approximate surface area is 130 Å². The van der Waals surface area contributed by atoms with Crippen LogP contribution in [0.5, 0.6) is 0 Å². The van der Waals surface area contributed by atoms with Gasteiger partial charge < -0.3 is 5.11 Å². The van der Waals surface area contributed by atoms with Crippen LogP contribution in [0.2, 0.25) is 0 Å². The van der Waals surface area contributed by atoms with Crippen molar-refractivity contribution in [2.45, 2.75) is 45.6 Å². The number of hydrogen-bond acceptors (Lipinski definition) is 3. The lowest BCUT2D eigenvalue weighted by Crippen LogP contribution is -2.53. The summed E-state index contributed by atoms with van der Waals surface area (Å²) in [5.41, 5.74) is 3.45. The number of aromatic nitrogens is 1. The van der Waals surface area contributed by atoms with Crippen LogP contribution in [-0.4, -0.2) is 33.1 Å². The van der Waals surface area contributed by atoms with Crippen LogP contribution in [0.1, 0.15) is 45.2 Å². The van der Waals surface area contributed by atoms with Crippen LogP contribution in [0.25, 0.3) is 0 Å². The number of nitrogens with one attached hydrogen (secondary N) is 1. The third-order valence-electron chi connectivity index (χ3n) is 4.51. The number of rotatable bonds is 5. The monoisotopic (exact) mass is 305 g/mol. The summed E-state index contributed by atoms with van der Waals surface area (Å²) in [7, 11) is 0. The molecule has 120 valence electrons. The highest BCUT2D eigenvalue weighted by molar-refractivity contribution is 5.84. The lowest BCUT2D eigenvalue weighted by Gasteiger charge is -2.30. The zero-order chi connectivity index (χ0) is 16.3. The number of hydrogen-bond donors (Lipinski definition) is 2. The summed E-state index contributed by atoms with van der Waals surface area (Å²) < 4.78 is 0. The van der Waals surface area contributed by atoms with Gasteiger partial charge in [0.25, 0.3) is 0 Å². The van der Waals surface area contributed by atoms with E-state index in [0.29, 0.717) is 6.42 Å². The van der Waals surface area contributed by atoms with E-state index in [9.17, 15) is 14.7 Å². The molecule has 1 aliphatic rings. The highest BCUT2D eigenvalue weighted by atomic mass is 16.4. The molecule has 4 atom stereocenters. The molecule has 2 amide bonds. The summed E-state index contributed by atoms with van der Waals surface area (Å²) in [5.74, 6) is -0.174. The predicted molar refractivity (Wildman–Crippen MR) is 82.0 cm³/mol. The largest absolute Gasteiger partial charge is 0.464 e. The van der Waals surface area contributed by atoms with Gasteiger partial charge in [-0.1, -0.05) is 26.3 Å². The van der Waals surface area contributed by atoms with Crippen LogP contribution in [-0.2, 0) is 4.79 Å².